The van der Waals surface area contributed by atoms with Gasteiger partial charge in [0, 0.05) is 18.3 Å². The summed E-state index contributed by atoms with van der Waals surface area (Å²) in [6.07, 6.45) is 4.02. The molecule has 0 unspecified atom stereocenters. The smallest absolute Gasteiger partial charge is 0.251 e. The van der Waals surface area contributed by atoms with Crippen LogP contribution in [-0.2, 0) is 11.2 Å². The molecule has 7 heteroatoms. The van der Waals surface area contributed by atoms with Crippen molar-refractivity contribution in [3.05, 3.63) is 35.7 Å². The summed E-state index contributed by atoms with van der Waals surface area (Å²) in [5.41, 5.74) is 14.3. The summed E-state index contributed by atoms with van der Waals surface area (Å²) in [7, 11) is 0. The SMILES string of the molecule is NC(=O)c1cnn(-c2cc3c(cc2N)NC(=O)CC3)c1. The quantitative estimate of drug-likeness (QED) is 0.687. The van der Waals surface area contributed by atoms with Crippen LogP contribution in [-0.4, -0.2) is 21.6 Å². The minimum absolute atomic E-state index is 0.0141. The average molecular weight is 271 g/mol. The van der Waals surface area contributed by atoms with Crippen LogP contribution in [0.5, 0.6) is 0 Å². The molecule has 0 spiro atoms. The van der Waals surface area contributed by atoms with Crippen molar-refractivity contribution in [2.24, 2.45) is 5.73 Å². The Labute approximate surface area is 114 Å². The number of nitrogen functional groups attached to an aromatic ring is 1. The Morgan fingerprint density at radius 1 is 1.35 bits per heavy atom. The van der Waals surface area contributed by atoms with E-state index in [1.165, 1.54) is 17.1 Å². The second-order valence-corrected chi connectivity index (χ2v) is 4.65. The third kappa shape index (κ3) is 1.99. The lowest BCUT2D eigenvalue weighted by Crippen LogP contribution is -2.19. The van der Waals surface area contributed by atoms with E-state index < -0.39 is 5.91 Å². The highest BCUT2D eigenvalue weighted by atomic mass is 16.2. The lowest BCUT2D eigenvalue weighted by Gasteiger charge is -2.19. The van der Waals surface area contributed by atoms with E-state index in [2.05, 4.69) is 10.4 Å². The molecule has 2 amide bonds. The third-order valence-corrected chi connectivity index (χ3v) is 3.26. The van der Waals surface area contributed by atoms with Gasteiger partial charge in [-0.1, -0.05) is 0 Å². The molecular weight excluding hydrogens is 258 g/mol. The lowest BCUT2D eigenvalue weighted by atomic mass is 10.0. The number of rotatable bonds is 2. The van der Waals surface area contributed by atoms with Gasteiger partial charge in [-0.25, -0.2) is 4.68 Å². The first kappa shape index (κ1) is 12.2. The number of primary amides is 1. The number of carbonyl (C=O) groups is 2. The number of hydrogen-bond donors (Lipinski definition) is 3. The van der Waals surface area contributed by atoms with Gasteiger partial charge in [0.15, 0.2) is 0 Å². The molecule has 5 N–H and O–H groups in total. The Kier molecular flexibility index (Phi) is 2.67. The van der Waals surface area contributed by atoms with Crippen molar-refractivity contribution in [3.63, 3.8) is 0 Å². The van der Waals surface area contributed by atoms with Crippen molar-refractivity contribution in [3.8, 4) is 5.69 Å². The summed E-state index contributed by atoms with van der Waals surface area (Å²) in [5.74, 6) is -0.556. The predicted molar refractivity (Wildman–Crippen MR) is 73.4 cm³/mol. The van der Waals surface area contributed by atoms with Crippen molar-refractivity contribution in [1.29, 1.82) is 0 Å². The molecule has 0 fully saturated rings. The number of nitrogens with zero attached hydrogens (tertiary/aromatic N) is 2. The Balaban J connectivity index is 2.05. The highest BCUT2D eigenvalue weighted by Gasteiger charge is 2.18. The maximum Gasteiger partial charge on any atom is 0.251 e. The zero-order valence-electron chi connectivity index (χ0n) is 10.6. The Bertz CT molecular complexity index is 720. The maximum atomic E-state index is 11.3. The molecule has 3 rings (SSSR count). The van der Waals surface area contributed by atoms with Crippen LogP contribution in [0, 0.1) is 0 Å². The van der Waals surface area contributed by atoms with Gasteiger partial charge in [0.2, 0.25) is 5.91 Å². The van der Waals surface area contributed by atoms with Crippen LogP contribution in [0.1, 0.15) is 22.3 Å². The zero-order valence-corrected chi connectivity index (χ0v) is 10.6. The van der Waals surface area contributed by atoms with E-state index in [4.69, 9.17) is 11.5 Å². The standard InChI is InChI=1S/C13H13N5O2/c14-9-4-10-7(1-2-12(19)17-10)3-11(9)18-6-8(5-16-18)13(15)20/h3-6H,1-2,14H2,(H2,15,20)(H,17,19). The first-order chi connectivity index (χ1) is 9.54. The van der Waals surface area contributed by atoms with E-state index in [-0.39, 0.29) is 5.91 Å². The fourth-order valence-electron chi connectivity index (χ4n) is 2.21. The van der Waals surface area contributed by atoms with Gasteiger partial charge in [-0.2, -0.15) is 5.10 Å². The summed E-state index contributed by atoms with van der Waals surface area (Å²) in [6, 6.07) is 3.56. The lowest BCUT2D eigenvalue weighted by molar-refractivity contribution is -0.116. The number of anilines is 2. The van der Waals surface area contributed by atoms with E-state index in [1.807, 2.05) is 6.07 Å². The molecule has 1 aliphatic heterocycles. The third-order valence-electron chi connectivity index (χ3n) is 3.26. The fraction of sp³-hybridized carbons (Fsp3) is 0.154. The molecule has 0 aliphatic carbocycles. The first-order valence-corrected chi connectivity index (χ1v) is 6.11. The number of hydrogen-bond acceptors (Lipinski definition) is 4. The molecule has 0 radical (unpaired) electrons. The molecule has 1 aromatic heterocycles. The number of aromatic nitrogens is 2. The highest BCUT2D eigenvalue weighted by Crippen LogP contribution is 2.29. The second kappa shape index (κ2) is 4.37. The van der Waals surface area contributed by atoms with E-state index in [0.29, 0.717) is 29.8 Å². The Morgan fingerprint density at radius 2 is 2.15 bits per heavy atom. The molecule has 2 heterocycles. The maximum absolute atomic E-state index is 11.3. The van der Waals surface area contributed by atoms with Crippen molar-refractivity contribution in [1.82, 2.24) is 9.78 Å². The van der Waals surface area contributed by atoms with Gasteiger partial charge in [0.25, 0.3) is 5.91 Å². The van der Waals surface area contributed by atoms with Gasteiger partial charge >= 0.3 is 0 Å². The summed E-state index contributed by atoms with van der Waals surface area (Å²) in [4.78, 5) is 22.4. The van der Waals surface area contributed by atoms with Gasteiger partial charge in [-0.05, 0) is 24.1 Å². The summed E-state index contributed by atoms with van der Waals surface area (Å²) in [6.45, 7) is 0. The molecule has 20 heavy (non-hydrogen) atoms. The summed E-state index contributed by atoms with van der Waals surface area (Å²) in [5, 5.41) is 6.86. The number of carbonyl (C=O) groups excluding carboxylic acids is 2. The van der Waals surface area contributed by atoms with Gasteiger partial charge < -0.3 is 16.8 Å². The predicted octanol–water partition coefficient (Wildman–Crippen LogP) is 0.438. The van der Waals surface area contributed by atoms with E-state index in [0.717, 1.165) is 11.3 Å². The van der Waals surface area contributed by atoms with Crippen molar-refractivity contribution in [2.45, 2.75) is 12.8 Å². The van der Waals surface area contributed by atoms with E-state index in [1.54, 1.807) is 6.07 Å². The van der Waals surface area contributed by atoms with E-state index >= 15 is 0 Å². The van der Waals surface area contributed by atoms with Crippen LogP contribution < -0.4 is 16.8 Å². The van der Waals surface area contributed by atoms with Gasteiger partial charge in [-0.15, -0.1) is 0 Å². The normalized spacial score (nSPS) is 13.7. The molecule has 0 bridgehead atoms. The monoisotopic (exact) mass is 271 g/mol. The molecule has 7 nitrogen and oxygen atoms in total. The number of nitrogens with two attached hydrogens (primary N) is 2. The molecule has 2 aromatic rings. The van der Waals surface area contributed by atoms with Crippen molar-refractivity contribution < 1.29 is 9.59 Å². The number of fused-ring (bicyclic) bond motifs is 1. The minimum atomic E-state index is -0.542. The topological polar surface area (TPSA) is 116 Å². The van der Waals surface area contributed by atoms with Gasteiger partial charge in [0.1, 0.15) is 0 Å². The number of aryl methyl sites for hydroxylation is 1. The van der Waals surface area contributed by atoms with Crippen molar-refractivity contribution in [2.75, 3.05) is 11.1 Å². The van der Waals surface area contributed by atoms with Gasteiger partial charge in [0.05, 0.1) is 23.1 Å². The molecule has 1 aromatic carbocycles. The number of amides is 2. The van der Waals surface area contributed by atoms with Crippen LogP contribution in [0.4, 0.5) is 11.4 Å². The van der Waals surface area contributed by atoms with Gasteiger partial charge in [-0.3, -0.25) is 9.59 Å². The molecule has 102 valence electrons. The molecule has 0 saturated carbocycles. The van der Waals surface area contributed by atoms with Crippen LogP contribution in [0.25, 0.3) is 5.69 Å². The van der Waals surface area contributed by atoms with Crippen LogP contribution in [0.15, 0.2) is 24.5 Å². The van der Waals surface area contributed by atoms with Crippen LogP contribution >= 0.6 is 0 Å². The number of benzene rings is 1. The highest BCUT2D eigenvalue weighted by molar-refractivity contribution is 5.95. The minimum Gasteiger partial charge on any atom is -0.397 e. The average Bonchev–Trinajstić information content (AvgIpc) is 2.87. The largest absolute Gasteiger partial charge is 0.397 e. The van der Waals surface area contributed by atoms with Crippen LogP contribution in [0.2, 0.25) is 0 Å². The molecule has 0 atom stereocenters. The van der Waals surface area contributed by atoms with E-state index in [9.17, 15) is 9.59 Å². The molecule has 0 saturated heterocycles. The number of nitrogens with one attached hydrogen (secondary N) is 1. The molecular formula is C13H13N5O2. The zero-order chi connectivity index (χ0) is 14.3. The Hall–Kier alpha value is -2.83. The molecule has 1 aliphatic rings. The van der Waals surface area contributed by atoms with Crippen LogP contribution in [0.3, 0.4) is 0 Å². The Morgan fingerprint density at radius 3 is 2.85 bits per heavy atom. The van der Waals surface area contributed by atoms with Crippen molar-refractivity contribution >= 4 is 23.2 Å². The first-order valence-electron chi connectivity index (χ1n) is 6.11. The summed E-state index contributed by atoms with van der Waals surface area (Å²) >= 11 is 0. The second-order valence-electron chi connectivity index (χ2n) is 4.65. The fourth-order valence-corrected chi connectivity index (χ4v) is 2.21. The summed E-state index contributed by atoms with van der Waals surface area (Å²) < 4.78 is 1.51.